The lowest BCUT2D eigenvalue weighted by Gasteiger charge is -1.99. The van der Waals surface area contributed by atoms with Gasteiger partial charge in [0.15, 0.2) is 0 Å². The zero-order valence-corrected chi connectivity index (χ0v) is 11.2. The minimum absolute atomic E-state index is 0.0720. The summed E-state index contributed by atoms with van der Waals surface area (Å²) in [6, 6.07) is 10.5. The summed E-state index contributed by atoms with van der Waals surface area (Å²) in [5.41, 5.74) is 6.69. The summed E-state index contributed by atoms with van der Waals surface area (Å²) in [6.07, 6.45) is 1.37. The fraction of sp³-hybridized carbons (Fsp3) is 0. The Bertz CT molecular complexity index is 642. The topological polar surface area (TPSA) is 70.0 Å². The third kappa shape index (κ3) is 3.30. The summed E-state index contributed by atoms with van der Waals surface area (Å²) in [5, 5.41) is 0.399. The van der Waals surface area contributed by atoms with Gasteiger partial charge in [-0.2, -0.15) is 0 Å². The number of nitrogens with two attached hydrogens (primary N) is 1. The Morgan fingerprint density at radius 2 is 1.89 bits per heavy atom. The maximum absolute atomic E-state index is 12.0. The van der Waals surface area contributed by atoms with E-state index in [-0.39, 0.29) is 16.6 Å². The van der Waals surface area contributed by atoms with E-state index >= 15 is 0 Å². The molecular formula is C13H10Cl2N3O+. The Morgan fingerprint density at radius 3 is 2.58 bits per heavy atom. The Morgan fingerprint density at radius 1 is 1.21 bits per heavy atom. The largest absolute Gasteiger partial charge is 0.342 e. The molecule has 6 heteroatoms. The Labute approximate surface area is 119 Å². The molecule has 96 valence electrons. The first kappa shape index (κ1) is 13.5. The highest BCUT2D eigenvalue weighted by Crippen LogP contribution is 2.16. The zero-order valence-electron chi connectivity index (χ0n) is 9.73. The fourth-order valence-corrected chi connectivity index (χ4v) is 1.81. The van der Waals surface area contributed by atoms with Gasteiger partial charge < -0.3 is 0 Å². The van der Waals surface area contributed by atoms with Crippen molar-refractivity contribution in [3.63, 3.8) is 0 Å². The third-order valence-corrected chi connectivity index (χ3v) is 2.89. The van der Waals surface area contributed by atoms with Gasteiger partial charge in [-0.05, 0) is 18.2 Å². The van der Waals surface area contributed by atoms with Gasteiger partial charge in [0.2, 0.25) is 0 Å². The predicted octanol–water partition coefficient (Wildman–Crippen LogP) is 1.01. The van der Waals surface area contributed by atoms with Crippen LogP contribution in [0.1, 0.15) is 15.9 Å². The number of aromatic nitrogens is 1. The molecule has 0 fully saturated rings. The second kappa shape index (κ2) is 5.82. The van der Waals surface area contributed by atoms with Crippen LogP contribution in [0, 0.1) is 0 Å². The van der Waals surface area contributed by atoms with Crippen LogP contribution in [0.5, 0.6) is 0 Å². The minimum Gasteiger partial charge on any atom is -0.286 e. The van der Waals surface area contributed by atoms with Crippen LogP contribution >= 0.6 is 23.2 Å². The van der Waals surface area contributed by atoms with Crippen LogP contribution in [-0.4, -0.2) is 16.7 Å². The average Bonchev–Trinajstić information content (AvgIpc) is 2.42. The van der Waals surface area contributed by atoms with Crippen LogP contribution in [0.25, 0.3) is 0 Å². The van der Waals surface area contributed by atoms with Gasteiger partial charge in [0, 0.05) is 6.20 Å². The van der Waals surface area contributed by atoms with Crippen molar-refractivity contribution >= 4 is 34.9 Å². The van der Waals surface area contributed by atoms with E-state index in [4.69, 9.17) is 28.9 Å². The van der Waals surface area contributed by atoms with Crippen molar-refractivity contribution in [2.24, 2.45) is 5.73 Å². The SMILES string of the molecule is NC(=[NH+]C(=O)c1cc(Cl)cnc1Cl)c1ccccc1. The van der Waals surface area contributed by atoms with E-state index in [1.807, 2.05) is 18.2 Å². The van der Waals surface area contributed by atoms with E-state index in [0.717, 1.165) is 0 Å². The number of amides is 1. The molecular weight excluding hydrogens is 285 g/mol. The first-order valence-corrected chi connectivity index (χ1v) is 6.14. The van der Waals surface area contributed by atoms with Crippen molar-refractivity contribution in [3.8, 4) is 0 Å². The van der Waals surface area contributed by atoms with E-state index < -0.39 is 5.91 Å². The molecule has 2 aromatic rings. The number of benzene rings is 1. The molecule has 1 aromatic heterocycles. The monoisotopic (exact) mass is 294 g/mol. The van der Waals surface area contributed by atoms with Gasteiger partial charge in [-0.1, -0.05) is 41.4 Å². The van der Waals surface area contributed by atoms with Gasteiger partial charge in [-0.15, -0.1) is 0 Å². The number of carbonyl (C=O) groups is 1. The molecule has 0 atom stereocenters. The van der Waals surface area contributed by atoms with Crippen LogP contribution in [0.2, 0.25) is 10.2 Å². The number of amidine groups is 1. The van der Waals surface area contributed by atoms with Crippen LogP contribution in [0.3, 0.4) is 0 Å². The Hall–Kier alpha value is -1.91. The van der Waals surface area contributed by atoms with E-state index in [1.165, 1.54) is 12.3 Å². The van der Waals surface area contributed by atoms with E-state index in [2.05, 4.69) is 9.98 Å². The molecule has 0 bridgehead atoms. The number of halogens is 2. The number of nitrogens with one attached hydrogen (secondary N) is 1. The van der Waals surface area contributed by atoms with Crippen LogP contribution in [-0.2, 0) is 0 Å². The predicted molar refractivity (Wildman–Crippen MR) is 74.3 cm³/mol. The molecule has 0 saturated heterocycles. The van der Waals surface area contributed by atoms with Crippen LogP contribution < -0.4 is 10.7 Å². The highest BCUT2D eigenvalue weighted by molar-refractivity contribution is 6.34. The molecule has 1 aromatic carbocycles. The molecule has 4 nitrogen and oxygen atoms in total. The Kier molecular flexibility index (Phi) is 4.14. The quantitative estimate of drug-likeness (QED) is 0.493. The molecule has 19 heavy (non-hydrogen) atoms. The van der Waals surface area contributed by atoms with Crippen molar-refractivity contribution in [2.75, 3.05) is 0 Å². The zero-order chi connectivity index (χ0) is 13.8. The van der Waals surface area contributed by atoms with E-state index in [9.17, 15) is 4.79 Å². The third-order valence-electron chi connectivity index (χ3n) is 2.38. The number of hydrogen-bond acceptors (Lipinski definition) is 2. The average molecular weight is 295 g/mol. The first-order chi connectivity index (χ1) is 9.08. The lowest BCUT2D eigenvalue weighted by Crippen LogP contribution is -2.79. The molecule has 1 heterocycles. The summed E-state index contributed by atoms with van der Waals surface area (Å²) in [5.74, 6) is -0.219. The summed E-state index contributed by atoms with van der Waals surface area (Å²) >= 11 is 11.6. The lowest BCUT2D eigenvalue weighted by molar-refractivity contribution is -0.345. The molecule has 0 aliphatic heterocycles. The number of rotatable bonds is 2. The lowest BCUT2D eigenvalue weighted by atomic mass is 10.2. The van der Waals surface area contributed by atoms with Crippen molar-refractivity contribution in [2.45, 2.75) is 0 Å². The second-order valence-electron chi connectivity index (χ2n) is 3.73. The van der Waals surface area contributed by atoms with Crippen molar-refractivity contribution in [3.05, 3.63) is 63.9 Å². The molecule has 0 aliphatic rings. The normalized spacial score (nSPS) is 11.4. The van der Waals surface area contributed by atoms with Crippen molar-refractivity contribution in [1.82, 2.24) is 4.98 Å². The highest BCUT2D eigenvalue weighted by atomic mass is 35.5. The molecule has 2 rings (SSSR count). The molecule has 3 N–H and O–H groups in total. The summed E-state index contributed by atoms with van der Waals surface area (Å²) in [6.45, 7) is 0. The number of nitrogens with zero attached hydrogens (tertiary/aromatic N) is 1. The standard InChI is InChI=1S/C13H9Cl2N3O/c14-9-6-10(11(15)17-7-9)13(19)18-12(16)8-4-2-1-3-5-8/h1-7H,(H2,16,18,19)/p+1. The molecule has 0 radical (unpaired) electrons. The molecule has 1 amide bonds. The van der Waals surface area contributed by atoms with Gasteiger partial charge in [0.05, 0.1) is 10.6 Å². The van der Waals surface area contributed by atoms with E-state index in [0.29, 0.717) is 10.6 Å². The van der Waals surface area contributed by atoms with Gasteiger partial charge in [-0.3, -0.25) is 5.73 Å². The van der Waals surface area contributed by atoms with Gasteiger partial charge >= 0.3 is 5.91 Å². The number of pyridine rings is 1. The maximum Gasteiger partial charge on any atom is 0.342 e. The number of nitrogen functional groups attached to an aromatic ring is 1. The minimum atomic E-state index is -0.457. The van der Waals surface area contributed by atoms with Crippen molar-refractivity contribution < 1.29 is 9.79 Å². The summed E-state index contributed by atoms with van der Waals surface area (Å²) < 4.78 is 0. The van der Waals surface area contributed by atoms with Gasteiger partial charge in [-0.25, -0.2) is 14.8 Å². The fourth-order valence-electron chi connectivity index (χ4n) is 1.46. The number of hydrogen-bond donors (Lipinski definition) is 2. The highest BCUT2D eigenvalue weighted by Gasteiger charge is 2.15. The molecule has 0 aliphatic carbocycles. The van der Waals surface area contributed by atoms with Crippen LogP contribution in [0.15, 0.2) is 42.6 Å². The number of carbonyl (C=O) groups excluding carboxylic acids is 1. The molecule has 0 saturated carbocycles. The van der Waals surface area contributed by atoms with E-state index in [1.54, 1.807) is 12.1 Å². The maximum atomic E-state index is 12.0. The van der Waals surface area contributed by atoms with Crippen LogP contribution in [0.4, 0.5) is 0 Å². The smallest absolute Gasteiger partial charge is 0.286 e. The molecule has 0 unspecified atom stereocenters. The van der Waals surface area contributed by atoms with Crippen molar-refractivity contribution in [1.29, 1.82) is 0 Å². The summed E-state index contributed by atoms with van der Waals surface area (Å²) in [7, 11) is 0. The Balaban J connectivity index is 2.33. The second-order valence-corrected chi connectivity index (χ2v) is 4.52. The molecule has 0 spiro atoms. The van der Waals surface area contributed by atoms with Gasteiger partial charge in [0.25, 0.3) is 5.84 Å². The summed E-state index contributed by atoms with van der Waals surface area (Å²) in [4.78, 5) is 18.4. The van der Waals surface area contributed by atoms with Gasteiger partial charge in [0.1, 0.15) is 10.7 Å². The first-order valence-electron chi connectivity index (χ1n) is 5.38.